The second-order valence-electron chi connectivity index (χ2n) is 7.53. The highest BCUT2D eigenvalue weighted by Gasteiger charge is 2.35. The van der Waals surface area contributed by atoms with E-state index in [1.165, 1.54) is 46.7 Å². The van der Waals surface area contributed by atoms with Gasteiger partial charge in [-0.05, 0) is 42.9 Å². The van der Waals surface area contributed by atoms with Gasteiger partial charge in [0.05, 0.1) is 16.5 Å². The molecule has 1 unspecified atom stereocenters. The van der Waals surface area contributed by atoms with Gasteiger partial charge in [-0.3, -0.25) is 4.79 Å². The predicted molar refractivity (Wildman–Crippen MR) is 114 cm³/mol. The number of anilines is 1. The van der Waals surface area contributed by atoms with Gasteiger partial charge in [0.1, 0.15) is 16.2 Å². The molecule has 9 heteroatoms. The Bertz CT molecular complexity index is 1090. The van der Waals surface area contributed by atoms with E-state index in [9.17, 15) is 18.0 Å². The Balaban J connectivity index is 1.63. The quantitative estimate of drug-likeness (QED) is 0.384. The van der Waals surface area contributed by atoms with E-state index in [4.69, 9.17) is 0 Å². The first-order valence-electron chi connectivity index (χ1n) is 9.64. The molecule has 0 aliphatic heterocycles. The van der Waals surface area contributed by atoms with Crippen molar-refractivity contribution in [3.8, 4) is 0 Å². The number of nitrogens with one attached hydrogen (secondary N) is 1. The van der Waals surface area contributed by atoms with Crippen LogP contribution in [0.5, 0.6) is 0 Å². The average Bonchev–Trinajstić information content (AvgIpc) is 3.26. The monoisotopic (exact) mass is 451 g/mol. The fraction of sp³-hybridized carbons (Fsp3) is 0.381. The Labute approximate surface area is 180 Å². The van der Waals surface area contributed by atoms with Crippen molar-refractivity contribution in [3.05, 3.63) is 46.6 Å². The van der Waals surface area contributed by atoms with Crippen molar-refractivity contribution >= 4 is 44.9 Å². The SMILES string of the molecule is CC(C)C(Sc1ncnc2sc3c(c12)CCC3)C(=O)Nc1ccccc1C(F)(F)F. The van der Waals surface area contributed by atoms with Crippen LogP contribution in [0, 0.1) is 5.92 Å². The van der Waals surface area contributed by atoms with Crippen LogP contribution in [0.4, 0.5) is 18.9 Å². The fourth-order valence-corrected chi connectivity index (χ4v) is 6.06. The number of hydrogen-bond donors (Lipinski definition) is 1. The number of nitrogens with zero attached hydrogens (tertiary/aromatic N) is 2. The molecular weight excluding hydrogens is 431 g/mol. The maximum Gasteiger partial charge on any atom is 0.418 e. The molecular formula is C21H20F3N3OS2. The molecule has 1 aliphatic carbocycles. The van der Waals surface area contributed by atoms with Crippen molar-refractivity contribution in [1.29, 1.82) is 0 Å². The number of fused-ring (bicyclic) bond motifs is 3. The summed E-state index contributed by atoms with van der Waals surface area (Å²) in [4.78, 5) is 24.0. The van der Waals surface area contributed by atoms with E-state index in [0.29, 0.717) is 0 Å². The number of carbonyl (C=O) groups is 1. The minimum absolute atomic E-state index is 0.107. The zero-order valence-corrected chi connectivity index (χ0v) is 18.0. The zero-order valence-electron chi connectivity index (χ0n) is 16.4. The molecule has 30 heavy (non-hydrogen) atoms. The number of hydrogen-bond acceptors (Lipinski definition) is 5. The van der Waals surface area contributed by atoms with Gasteiger partial charge >= 0.3 is 6.18 Å². The molecule has 158 valence electrons. The Morgan fingerprint density at radius 1 is 1.20 bits per heavy atom. The van der Waals surface area contributed by atoms with Crippen LogP contribution in [0.25, 0.3) is 10.2 Å². The number of halogens is 3. The minimum atomic E-state index is -4.54. The van der Waals surface area contributed by atoms with Gasteiger partial charge in [-0.25, -0.2) is 9.97 Å². The van der Waals surface area contributed by atoms with E-state index >= 15 is 0 Å². The average molecular weight is 452 g/mol. The Morgan fingerprint density at radius 2 is 1.97 bits per heavy atom. The molecule has 2 aromatic heterocycles. The largest absolute Gasteiger partial charge is 0.418 e. The summed E-state index contributed by atoms with van der Waals surface area (Å²) in [7, 11) is 0. The fourth-order valence-electron chi connectivity index (χ4n) is 3.64. The lowest BCUT2D eigenvalue weighted by Gasteiger charge is -2.21. The van der Waals surface area contributed by atoms with Gasteiger partial charge in [0, 0.05) is 10.3 Å². The third-order valence-electron chi connectivity index (χ3n) is 5.06. The molecule has 0 fully saturated rings. The number of aromatic nitrogens is 2. The molecule has 3 aromatic rings. The normalized spacial score (nSPS) is 14.9. The summed E-state index contributed by atoms with van der Waals surface area (Å²) >= 11 is 2.96. The van der Waals surface area contributed by atoms with E-state index in [0.717, 1.165) is 40.6 Å². The number of benzene rings is 1. The van der Waals surface area contributed by atoms with Crippen molar-refractivity contribution < 1.29 is 18.0 Å². The van der Waals surface area contributed by atoms with Crippen LogP contribution in [0.3, 0.4) is 0 Å². The lowest BCUT2D eigenvalue weighted by atomic mass is 10.1. The number of thiophene rings is 1. The first-order valence-corrected chi connectivity index (χ1v) is 11.3. The van der Waals surface area contributed by atoms with Crippen LogP contribution in [0.1, 0.15) is 36.3 Å². The van der Waals surface area contributed by atoms with E-state index in [1.807, 2.05) is 13.8 Å². The van der Waals surface area contributed by atoms with Gasteiger partial charge in [-0.1, -0.05) is 37.7 Å². The van der Waals surface area contributed by atoms with Gasteiger partial charge in [0.2, 0.25) is 5.91 Å². The third kappa shape index (κ3) is 4.05. The number of rotatable bonds is 5. The second kappa shape index (κ2) is 8.19. The summed E-state index contributed by atoms with van der Waals surface area (Å²) in [5, 5.41) is 3.61. The van der Waals surface area contributed by atoms with Crippen LogP contribution in [0.15, 0.2) is 35.6 Å². The van der Waals surface area contributed by atoms with Crippen LogP contribution in [-0.2, 0) is 23.8 Å². The van der Waals surface area contributed by atoms with E-state index in [1.54, 1.807) is 11.3 Å². The van der Waals surface area contributed by atoms with Crippen molar-refractivity contribution in [3.63, 3.8) is 0 Å². The standard InChI is InChI=1S/C21H20F3N3OS2/c1-11(2)17(18(28)27-14-8-4-3-7-13(14)21(22,23)24)30-20-16-12-6-5-9-15(12)29-19(16)25-10-26-20/h3-4,7-8,10-11,17H,5-6,9H2,1-2H3,(H,27,28). The van der Waals surface area contributed by atoms with Gasteiger partial charge in [-0.15, -0.1) is 11.3 Å². The summed E-state index contributed by atoms with van der Waals surface area (Å²) in [6.07, 6.45) is 0.0416. The number of thioether (sulfide) groups is 1. The number of amides is 1. The first kappa shape index (κ1) is 21.1. The summed E-state index contributed by atoms with van der Waals surface area (Å²) < 4.78 is 39.9. The third-order valence-corrected chi connectivity index (χ3v) is 7.80. The molecule has 1 aromatic carbocycles. The van der Waals surface area contributed by atoms with Gasteiger partial charge in [-0.2, -0.15) is 13.2 Å². The molecule has 0 bridgehead atoms. The van der Waals surface area contributed by atoms with Gasteiger partial charge < -0.3 is 5.32 Å². The second-order valence-corrected chi connectivity index (χ2v) is 9.75. The Kier molecular flexibility index (Phi) is 5.76. The molecule has 1 aliphatic rings. The highest BCUT2D eigenvalue weighted by atomic mass is 32.2. The maximum atomic E-state index is 13.3. The molecule has 4 rings (SSSR count). The molecule has 4 nitrogen and oxygen atoms in total. The first-order chi connectivity index (χ1) is 14.3. The van der Waals surface area contributed by atoms with Gasteiger partial charge in [0.15, 0.2) is 0 Å². The predicted octanol–water partition coefficient (Wildman–Crippen LogP) is 5.95. The van der Waals surface area contributed by atoms with Crippen molar-refractivity contribution in [2.75, 3.05) is 5.32 Å². The molecule has 0 saturated carbocycles. The van der Waals surface area contributed by atoms with Crippen LogP contribution in [-0.4, -0.2) is 21.1 Å². The summed E-state index contributed by atoms with van der Waals surface area (Å²) in [6.45, 7) is 3.76. The lowest BCUT2D eigenvalue weighted by molar-refractivity contribution is -0.137. The number of aryl methyl sites for hydroxylation is 2. The minimum Gasteiger partial charge on any atom is -0.325 e. The van der Waals surface area contributed by atoms with Crippen LogP contribution < -0.4 is 5.32 Å². The Hall–Kier alpha value is -2.13. The topological polar surface area (TPSA) is 54.9 Å². The van der Waals surface area contributed by atoms with Crippen LogP contribution >= 0.6 is 23.1 Å². The lowest BCUT2D eigenvalue weighted by Crippen LogP contribution is -2.30. The maximum absolute atomic E-state index is 13.3. The van der Waals surface area contributed by atoms with E-state index < -0.39 is 22.9 Å². The molecule has 1 amide bonds. The number of para-hydroxylation sites is 1. The number of carbonyl (C=O) groups excluding carboxylic acids is 1. The number of alkyl halides is 3. The smallest absolute Gasteiger partial charge is 0.325 e. The molecule has 1 atom stereocenters. The molecule has 1 N–H and O–H groups in total. The summed E-state index contributed by atoms with van der Waals surface area (Å²) in [5.74, 6) is -0.574. The van der Waals surface area contributed by atoms with Crippen molar-refractivity contribution in [1.82, 2.24) is 9.97 Å². The van der Waals surface area contributed by atoms with E-state index in [-0.39, 0.29) is 11.6 Å². The highest BCUT2D eigenvalue weighted by molar-refractivity contribution is 8.00. The molecule has 0 saturated heterocycles. The van der Waals surface area contributed by atoms with Crippen molar-refractivity contribution in [2.24, 2.45) is 5.92 Å². The van der Waals surface area contributed by atoms with Gasteiger partial charge in [0.25, 0.3) is 0 Å². The Morgan fingerprint density at radius 3 is 2.70 bits per heavy atom. The molecule has 2 heterocycles. The van der Waals surface area contributed by atoms with E-state index in [2.05, 4.69) is 15.3 Å². The molecule has 0 spiro atoms. The highest BCUT2D eigenvalue weighted by Crippen LogP contribution is 2.42. The summed E-state index contributed by atoms with van der Waals surface area (Å²) in [6, 6.07) is 5.03. The molecule has 0 radical (unpaired) electrons. The van der Waals surface area contributed by atoms with Crippen molar-refractivity contribution in [2.45, 2.75) is 49.6 Å². The zero-order chi connectivity index (χ0) is 21.5. The van der Waals surface area contributed by atoms with Crippen LogP contribution in [0.2, 0.25) is 0 Å². The summed E-state index contributed by atoms with van der Waals surface area (Å²) in [5.41, 5.74) is 0.167.